The van der Waals surface area contributed by atoms with Gasteiger partial charge in [-0.05, 0) is 0 Å². The van der Waals surface area contributed by atoms with E-state index in [0.717, 1.165) is 6.08 Å². The van der Waals surface area contributed by atoms with Crippen LogP contribution in [-0.4, -0.2) is 16.7 Å². The van der Waals surface area contributed by atoms with E-state index in [1.807, 2.05) is 0 Å². The van der Waals surface area contributed by atoms with Crippen molar-refractivity contribution in [3.8, 4) is 0 Å². The number of carbonyl (C=O) groups is 2. The first-order chi connectivity index (χ1) is 7.59. The summed E-state index contributed by atoms with van der Waals surface area (Å²) in [5.74, 6) is -1.70. The van der Waals surface area contributed by atoms with Gasteiger partial charge in [-0.1, -0.05) is 24.3 Å². The number of benzene rings is 1. The predicted molar refractivity (Wildman–Crippen MR) is 51.3 cm³/mol. The van der Waals surface area contributed by atoms with Crippen LogP contribution >= 0.6 is 0 Å². The first-order valence-electron chi connectivity index (χ1n) is 4.31. The zero-order valence-corrected chi connectivity index (χ0v) is 7.88. The summed E-state index contributed by atoms with van der Waals surface area (Å²) in [7, 11) is 0. The number of hydrogen-bond donors (Lipinski definition) is 0. The lowest BCUT2D eigenvalue weighted by molar-refractivity contribution is -0.741. The molecule has 0 heterocycles. The Morgan fingerprint density at radius 3 is 2.38 bits per heavy atom. The normalized spacial score (nSPS) is 14.1. The van der Waals surface area contributed by atoms with E-state index in [0.29, 0.717) is 0 Å². The fourth-order valence-electron chi connectivity index (χ4n) is 1.44. The molecule has 2 rings (SSSR count). The minimum absolute atomic E-state index is 0.117. The highest BCUT2D eigenvalue weighted by molar-refractivity contribution is 6.23. The van der Waals surface area contributed by atoms with Crippen molar-refractivity contribution in [1.29, 1.82) is 0 Å². The molecule has 0 saturated heterocycles. The highest BCUT2D eigenvalue weighted by atomic mass is 17.0. The topological polar surface area (TPSA) is 86.5 Å². The molecule has 16 heavy (non-hydrogen) atoms. The zero-order valence-electron chi connectivity index (χ0n) is 7.88. The van der Waals surface area contributed by atoms with Crippen LogP contribution in [0.25, 0.3) is 0 Å². The summed E-state index contributed by atoms with van der Waals surface area (Å²) in [5.41, 5.74) is 0.343. The number of nitrogens with zero attached hydrogens (tertiary/aromatic N) is 1. The van der Waals surface area contributed by atoms with Gasteiger partial charge in [0, 0.05) is 17.2 Å². The van der Waals surface area contributed by atoms with Crippen LogP contribution in [0.2, 0.25) is 0 Å². The largest absolute Gasteiger partial charge is 0.299 e. The number of rotatable bonds is 2. The van der Waals surface area contributed by atoms with Gasteiger partial charge in [-0.2, -0.15) is 0 Å². The van der Waals surface area contributed by atoms with Crippen molar-refractivity contribution in [2.45, 2.75) is 0 Å². The molecule has 80 valence electrons. The summed E-state index contributed by atoms with van der Waals surface area (Å²) in [5, 5.41) is 8.99. The monoisotopic (exact) mass is 219 g/mol. The first-order valence-corrected chi connectivity index (χ1v) is 4.31. The Bertz CT molecular complexity index is 532. The molecule has 0 aromatic heterocycles. The maximum Gasteiger partial charge on any atom is 0.299 e. The lowest BCUT2D eigenvalue weighted by Crippen LogP contribution is -2.20. The molecule has 0 atom stereocenters. The van der Waals surface area contributed by atoms with E-state index >= 15 is 0 Å². The van der Waals surface area contributed by atoms with Crippen molar-refractivity contribution >= 4 is 11.6 Å². The molecular weight excluding hydrogens is 214 g/mol. The molecule has 0 saturated carbocycles. The van der Waals surface area contributed by atoms with E-state index < -0.39 is 22.4 Å². The number of allylic oxidation sites excluding steroid dienone is 2. The molecule has 1 aromatic carbocycles. The number of hydrogen-bond acceptors (Lipinski definition) is 5. The van der Waals surface area contributed by atoms with Gasteiger partial charge in [0.25, 0.3) is 5.09 Å². The molecule has 1 aromatic rings. The third-order valence-corrected chi connectivity index (χ3v) is 2.10. The van der Waals surface area contributed by atoms with Crippen LogP contribution in [0.4, 0.5) is 0 Å². The summed E-state index contributed by atoms with van der Waals surface area (Å²) >= 11 is 0. The maximum atomic E-state index is 11.6. The van der Waals surface area contributed by atoms with Crippen LogP contribution in [0.3, 0.4) is 0 Å². The average Bonchev–Trinajstić information content (AvgIpc) is 2.25. The molecular formula is C10H5NO5. The van der Waals surface area contributed by atoms with Crippen LogP contribution in [-0.2, 0) is 4.84 Å². The highest BCUT2D eigenvalue weighted by Gasteiger charge is 2.27. The number of fused-ring (bicyclic) bond motifs is 1. The van der Waals surface area contributed by atoms with Gasteiger partial charge in [-0.3, -0.25) is 14.4 Å². The van der Waals surface area contributed by atoms with Gasteiger partial charge in [0.15, 0.2) is 11.5 Å². The van der Waals surface area contributed by atoms with E-state index in [1.54, 1.807) is 12.1 Å². The fourth-order valence-corrected chi connectivity index (χ4v) is 1.44. The van der Waals surface area contributed by atoms with Crippen LogP contribution < -0.4 is 0 Å². The fraction of sp³-hybridized carbons (Fsp3) is 0. The Hall–Kier alpha value is -2.50. The van der Waals surface area contributed by atoms with Crippen molar-refractivity contribution in [3.63, 3.8) is 0 Å². The second-order valence-electron chi connectivity index (χ2n) is 3.06. The van der Waals surface area contributed by atoms with Gasteiger partial charge >= 0.3 is 0 Å². The van der Waals surface area contributed by atoms with E-state index in [1.165, 1.54) is 12.1 Å². The summed E-state index contributed by atoms with van der Waals surface area (Å²) in [6, 6.07) is 6.08. The Balaban J connectivity index is 2.47. The Morgan fingerprint density at radius 2 is 1.75 bits per heavy atom. The standard InChI is InChI=1S/C10H5NO5/c12-8-5-9(16-11(14)15)10(13)7-4-2-1-3-6(7)8/h1-5H. The number of carbonyl (C=O) groups excluding carboxylic acids is 2. The minimum atomic E-state index is -1.12. The summed E-state index contributed by atoms with van der Waals surface area (Å²) < 4.78 is 0. The van der Waals surface area contributed by atoms with Crippen LogP contribution in [0.15, 0.2) is 36.1 Å². The minimum Gasteiger partial charge on any atom is -0.289 e. The van der Waals surface area contributed by atoms with E-state index in [9.17, 15) is 19.7 Å². The van der Waals surface area contributed by atoms with Gasteiger partial charge in [-0.25, -0.2) is 0 Å². The van der Waals surface area contributed by atoms with Gasteiger partial charge in [0.1, 0.15) is 0 Å². The van der Waals surface area contributed by atoms with Crippen LogP contribution in [0, 0.1) is 10.1 Å². The molecule has 6 heteroatoms. The van der Waals surface area contributed by atoms with Crippen molar-refractivity contribution in [2.75, 3.05) is 0 Å². The lowest BCUT2D eigenvalue weighted by Gasteiger charge is -2.12. The van der Waals surface area contributed by atoms with E-state index in [-0.39, 0.29) is 11.1 Å². The Labute approximate surface area is 89.2 Å². The quantitative estimate of drug-likeness (QED) is 0.550. The SMILES string of the molecule is O=C1C=C(O[N+](=O)[O-])C(=O)c2ccccc21. The van der Waals surface area contributed by atoms with E-state index in [2.05, 4.69) is 4.84 Å². The molecule has 0 unspecified atom stereocenters. The Kier molecular flexibility index (Phi) is 2.24. The zero-order chi connectivity index (χ0) is 11.7. The van der Waals surface area contributed by atoms with Crippen molar-refractivity contribution in [2.24, 2.45) is 0 Å². The molecule has 0 spiro atoms. The van der Waals surface area contributed by atoms with Gasteiger partial charge in [0.05, 0.1) is 0 Å². The van der Waals surface area contributed by atoms with Gasteiger partial charge < -0.3 is 0 Å². The number of ketones is 2. The summed E-state index contributed by atoms with van der Waals surface area (Å²) in [4.78, 5) is 37.3. The molecule has 6 nitrogen and oxygen atoms in total. The molecule has 0 amide bonds. The number of Topliss-reactive ketones (excluding diaryl/α,β-unsaturated/α-hetero) is 1. The lowest BCUT2D eigenvalue weighted by atomic mass is 9.94. The molecule has 0 aliphatic heterocycles. The first kappa shape index (κ1) is 10.0. The van der Waals surface area contributed by atoms with E-state index in [4.69, 9.17) is 0 Å². The highest BCUT2D eigenvalue weighted by Crippen LogP contribution is 2.21. The second-order valence-corrected chi connectivity index (χ2v) is 3.06. The van der Waals surface area contributed by atoms with Gasteiger partial charge in [0.2, 0.25) is 5.78 Å². The maximum absolute atomic E-state index is 11.6. The third-order valence-electron chi connectivity index (χ3n) is 2.10. The molecule has 0 bridgehead atoms. The van der Waals surface area contributed by atoms with Crippen LogP contribution in [0.1, 0.15) is 20.7 Å². The average molecular weight is 219 g/mol. The van der Waals surface area contributed by atoms with Crippen molar-refractivity contribution in [3.05, 3.63) is 57.3 Å². The molecule has 0 N–H and O–H groups in total. The molecule has 1 aliphatic carbocycles. The van der Waals surface area contributed by atoms with Gasteiger partial charge in [-0.15, -0.1) is 10.1 Å². The predicted octanol–water partition coefficient (Wildman–Crippen LogP) is 1.16. The second kappa shape index (κ2) is 3.58. The smallest absolute Gasteiger partial charge is 0.289 e. The molecule has 1 aliphatic rings. The van der Waals surface area contributed by atoms with Crippen molar-refractivity contribution < 1.29 is 19.5 Å². The Morgan fingerprint density at radius 1 is 1.12 bits per heavy atom. The van der Waals surface area contributed by atoms with Crippen LogP contribution in [0.5, 0.6) is 0 Å². The molecule has 0 radical (unpaired) electrons. The third kappa shape index (κ3) is 1.56. The summed E-state index contributed by atoms with van der Waals surface area (Å²) in [6.07, 6.45) is 0.827. The van der Waals surface area contributed by atoms with Crippen molar-refractivity contribution in [1.82, 2.24) is 0 Å². The molecule has 0 fully saturated rings. The summed E-state index contributed by atoms with van der Waals surface area (Å²) in [6.45, 7) is 0.